The van der Waals surface area contributed by atoms with Crippen LogP contribution in [0.15, 0.2) is 30.3 Å². The van der Waals surface area contributed by atoms with Gasteiger partial charge in [0.15, 0.2) is 0 Å². The van der Waals surface area contributed by atoms with Gasteiger partial charge in [0.2, 0.25) is 0 Å². The van der Waals surface area contributed by atoms with Crippen LogP contribution >= 0.6 is 11.3 Å². The summed E-state index contributed by atoms with van der Waals surface area (Å²) < 4.78 is 13.0. The van der Waals surface area contributed by atoms with Gasteiger partial charge in [0.1, 0.15) is 5.82 Å². The Hall–Kier alpha value is -1.68. The zero-order valence-corrected chi connectivity index (χ0v) is 10.4. The van der Waals surface area contributed by atoms with Crippen molar-refractivity contribution in [3.8, 4) is 0 Å². The second-order valence-electron chi connectivity index (χ2n) is 3.79. The van der Waals surface area contributed by atoms with Crippen LogP contribution in [0.25, 0.3) is 0 Å². The molecule has 1 N–H and O–H groups in total. The molecule has 0 spiro atoms. The predicted octanol–water partition coefficient (Wildman–Crippen LogP) is 3.76. The van der Waals surface area contributed by atoms with Gasteiger partial charge in [-0.15, -0.1) is 11.3 Å². The van der Waals surface area contributed by atoms with E-state index in [0.717, 1.165) is 9.75 Å². The molecule has 0 aliphatic rings. The van der Waals surface area contributed by atoms with Gasteiger partial charge in [0.05, 0.1) is 5.56 Å². The molecule has 0 aliphatic carbocycles. The minimum Gasteiger partial charge on any atom is -0.322 e. The number of nitrogens with one attached hydrogen (secondary N) is 1. The van der Waals surface area contributed by atoms with Gasteiger partial charge in [0.25, 0.3) is 5.91 Å². The number of carbonyl (C=O) groups excluding carboxylic acids is 1. The fraction of sp³-hybridized carbons (Fsp3) is 0.154. The van der Waals surface area contributed by atoms with Crippen LogP contribution in [0.4, 0.5) is 10.1 Å². The van der Waals surface area contributed by atoms with Crippen LogP contribution in [-0.4, -0.2) is 5.91 Å². The minimum absolute atomic E-state index is 0.197. The van der Waals surface area contributed by atoms with Crippen LogP contribution in [0.5, 0.6) is 0 Å². The molecule has 2 aromatic rings. The number of amides is 1. The summed E-state index contributed by atoms with van der Waals surface area (Å²) in [6.07, 6.45) is 0. The van der Waals surface area contributed by atoms with Crippen molar-refractivity contribution in [2.24, 2.45) is 0 Å². The minimum atomic E-state index is -0.360. The van der Waals surface area contributed by atoms with Crippen molar-refractivity contribution in [3.63, 3.8) is 0 Å². The average molecular weight is 249 g/mol. The highest BCUT2D eigenvalue weighted by molar-refractivity contribution is 7.12. The van der Waals surface area contributed by atoms with Crippen LogP contribution in [0.1, 0.15) is 20.1 Å². The number of aryl methyl sites for hydroxylation is 2. The van der Waals surface area contributed by atoms with Crippen LogP contribution < -0.4 is 5.32 Å². The Morgan fingerprint density at radius 3 is 2.65 bits per heavy atom. The first kappa shape index (κ1) is 11.8. The number of thiophene rings is 1. The Morgan fingerprint density at radius 2 is 2.06 bits per heavy atom. The van der Waals surface area contributed by atoms with Crippen molar-refractivity contribution in [2.75, 3.05) is 5.32 Å². The first-order valence-electron chi connectivity index (χ1n) is 5.20. The van der Waals surface area contributed by atoms with E-state index in [0.29, 0.717) is 11.3 Å². The van der Waals surface area contributed by atoms with Crippen molar-refractivity contribution in [3.05, 3.63) is 51.5 Å². The second kappa shape index (κ2) is 4.67. The first-order valence-corrected chi connectivity index (χ1v) is 6.02. The summed E-state index contributed by atoms with van der Waals surface area (Å²) in [4.78, 5) is 14.0. The molecule has 17 heavy (non-hydrogen) atoms. The standard InChI is InChI=1S/C13H12FNOS/c1-8-6-12(9(2)17-8)13(16)15-11-5-3-4-10(14)7-11/h3-7H,1-2H3,(H,15,16). The Bertz CT molecular complexity index is 562. The maximum Gasteiger partial charge on any atom is 0.256 e. The molecule has 1 amide bonds. The van der Waals surface area contributed by atoms with Crippen LogP contribution in [0, 0.1) is 19.7 Å². The van der Waals surface area contributed by atoms with E-state index in [1.165, 1.54) is 12.1 Å². The summed E-state index contributed by atoms with van der Waals surface area (Å²) in [6.45, 7) is 3.86. The fourth-order valence-electron chi connectivity index (χ4n) is 1.62. The van der Waals surface area contributed by atoms with Gasteiger partial charge in [0, 0.05) is 15.4 Å². The molecule has 1 aromatic carbocycles. The molecular formula is C13H12FNOS. The molecule has 1 heterocycles. The van der Waals surface area contributed by atoms with Gasteiger partial charge in [-0.3, -0.25) is 4.79 Å². The molecule has 1 aromatic heterocycles. The van der Waals surface area contributed by atoms with Crippen molar-refractivity contribution in [1.82, 2.24) is 0 Å². The predicted molar refractivity (Wildman–Crippen MR) is 68.1 cm³/mol. The zero-order valence-electron chi connectivity index (χ0n) is 9.58. The number of hydrogen-bond donors (Lipinski definition) is 1. The quantitative estimate of drug-likeness (QED) is 0.862. The maximum atomic E-state index is 13.0. The number of hydrogen-bond acceptors (Lipinski definition) is 2. The molecule has 0 bridgehead atoms. The van der Waals surface area contributed by atoms with Crippen LogP contribution in [0.2, 0.25) is 0 Å². The van der Waals surface area contributed by atoms with Gasteiger partial charge < -0.3 is 5.32 Å². The van der Waals surface area contributed by atoms with Gasteiger partial charge in [-0.25, -0.2) is 4.39 Å². The lowest BCUT2D eigenvalue weighted by Crippen LogP contribution is -2.12. The van der Waals surface area contributed by atoms with E-state index >= 15 is 0 Å². The Labute approximate surface area is 103 Å². The molecule has 0 saturated heterocycles. The molecule has 0 radical (unpaired) electrons. The Balaban J connectivity index is 2.20. The molecule has 88 valence electrons. The van der Waals surface area contributed by atoms with E-state index in [9.17, 15) is 9.18 Å². The first-order chi connectivity index (χ1) is 8.06. The van der Waals surface area contributed by atoms with Crippen LogP contribution in [-0.2, 0) is 0 Å². The second-order valence-corrected chi connectivity index (χ2v) is 5.25. The van der Waals surface area contributed by atoms with E-state index in [1.807, 2.05) is 19.9 Å². The molecule has 0 unspecified atom stereocenters. The molecule has 0 aliphatic heterocycles. The van der Waals surface area contributed by atoms with Gasteiger partial charge in [-0.05, 0) is 38.1 Å². The highest BCUT2D eigenvalue weighted by atomic mass is 32.1. The third-order valence-corrected chi connectivity index (χ3v) is 3.33. The van der Waals surface area contributed by atoms with E-state index in [2.05, 4.69) is 5.32 Å². The lowest BCUT2D eigenvalue weighted by molar-refractivity contribution is 0.102. The molecule has 0 saturated carbocycles. The van der Waals surface area contributed by atoms with E-state index in [-0.39, 0.29) is 11.7 Å². The van der Waals surface area contributed by atoms with Crippen molar-refractivity contribution in [2.45, 2.75) is 13.8 Å². The summed E-state index contributed by atoms with van der Waals surface area (Å²) in [5.74, 6) is -0.557. The van der Waals surface area contributed by atoms with Gasteiger partial charge in [-0.1, -0.05) is 6.07 Å². The zero-order chi connectivity index (χ0) is 12.4. The lowest BCUT2D eigenvalue weighted by atomic mass is 10.2. The highest BCUT2D eigenvalue weighted by Crippen LogP contribution is 2.21. The Kier molecular flexibility index (Phi) is 3.24. The SMILES string of the molecule is Cc1cc(C(=O)Nc2cccc(F)c2)c(C)s1. The van der Waals surface area contributed by atoms with Crippen molar-refractivity contribution >= 4 is 22.9 Å². The third-order valence-electron chi connectivity index (χ3n) is 2.37. The Morgan fingerprint density at radius 1 is 1.29 bits per heavy atom. The van der Waals surface area contributed by atoms with E-state index in [1.54, 1.807) is 23.5 Å². The van der Waals surface area contributed by atoms with E-state index < -0.39 is 0 Å². The third kappa shape index (κ3) is 2.71. The molecule has 0 atom stereocenters. The summed E-state index contributed by atoms with van der Waals surface area (Å²) in [6, 6.07) is 7.71. The number of rotatable bonds is 2. The lowest BCUT2D eigenvalue weighted by Gasteiger charge is -2.04. The molecule has 2 rings (SSSR count). The van der Waals surface area contributed by atoms with Gasteiger partial charge >= 0.3 is 0 Å². The topological polar surface area (TPSA) is 29.1 Å². The fourth-order valence-corrected chi connectivity index (χ4v) is 2.54. The summed E-state index contributed by atoms with van der Waals surface area (Å²) in [5, 5.41) is 2.68. The highest BCUT2D eigenvalue weighted by Gasteiger charge is 2.12. The molecule has 2 nitrogen and oxygen atoms in total. The normalized spacial score (nSPS) is 10.3. The summed E-state index contributed by atoms with van der Waals surface area (Å²) in [7, 11) is 0. The number of carbonyl (C=O) groups is 1. The number of benzene rings is 1. The molecule has 4 heteroatoms. The largest absolute Gasteiger partial charge is 0.322 e. The summed E-state index contributed by atoms with van der Waals surface area (Å²) in [5.41, 5.74) is 1.12. The number of anilines is 1. The maximum absolute atomic E-state index is 13.0. The van der Waals surface area contributed by atoms with Crippen molar-refractivity contribution < 1.29 is 9.18 Å². The number of halogens is 1. The molecular weight excluding hydrogens is 237 g/mol. The summed E-state index contributed by atoms with van der Waals surface area (Å²) >= 11 is 1.58. The monoisotopic (exact) mass is 249 g/mol. The van der Waals surface area contributed by atoms with Crippen LogP contribution in [0.3, 0.4) is 0 Å². The smallest absolute Gasteiger partial charge is 0.256 e. The van der Waals surface area contributed by atoms with Crippen molar-refractivity contribution in [1.29, 1.82) is 0 Å². The van der Waals surface area contributed by atoms with E-state index in [4.69, 9.17) is 0 Å². The van der Waals surface area contributed by atoms with Gasteiger partial charge in [-0.2, -0.15) is 0 Å². The molecule has 0 fully saturated rings. The average Bonchev–Trinajstić information content (AvgIpc) is 2.58.